The van der Waals surface area contributed by atoms with Crippen LogP contribution in [-0.2, 0) is 15.1 Å². The summed E-state index contributed by atoms with van der Waals surface area (Å²) in [5.41, 5.74) is -0.930. The summed E-state index contributed by atoms with van der Waals surface area (Å²) in [6, 6.07) is 8.84. The van der Waals surface area contributed by atoms with Gasteiger partial charge in [0.05, 0.1) is 25.0 Å². The van der Waals surface area contributed by atoms with Crippen LogP contribution < -0.4 is 10.1 Å². The molecule has 1 aromatic heterocycles. The Balaban J connectivity index is 1.55. The van der Waals surface area contributed by atoms with Gasteiger partial charge < -0.3 is 24.3 Å². The minimum absolute atomic E-state index is 0.146. The number of nitrogens with zero attached hydrogens (tertiary/aromatic N) is 1. The fourth-order valence-corrected chi connectivity index (χ4v) is 2.95. The maximum absolute atomic E-state index is 12.7. The number of aliphatic hydroxyl groups excluding tert-OH is 1. The summed E-state index contributed by atoms with van der Waals surface area (Å²) < 4.78 is 15.6. The van der Waals surface area contributed by atoms with E-state index in [0.717, 1.165) is 4.90 Å². The highest BCUT2D eigenvalue weighted by Gasteiger charge is 2.51. The van der Waals surface area contributed by atoms with Gasteiger partial charge in [-0.1, -0.05) is 0 Å². The number of carbonyl (C=O) groups excluding carboxylic acids is 3. The van der Waals surface area contributed by atoms with E-state index in [9.17, 15) is 19.5 Å². The first-order chi connectivity index (χ1) is 13.8. The standard InChI is InChI=1S/C20H22N2O7/c1-3-27-17(24)13-6-8-15(9-7-13)29-12-14(23)11-22-18(25)20(2,21-19(22)26)16-5-4-10-28-16/h4-10,14,23H,3,11-12H2,1-2H3,(H,21,26). The molecule has 1 aliphatic rings. The van der Waals surface area contributed by atoms with E-state index in [0.29, 0.717) is 17.1 Å². The number of furan rings is 1. The van der Waals surface area contributed by atoms with E-state index in [1.807, 2.05) is 0 Å². The smallest absolute Gasteiger partial charge is 0.338 e. The van der Waals surface area contributed by atoms with Crippen LogP contribution in [0.25, 0.3) is 0 Å². The molecule has 2 unspecified atom stereocenters. The Hall–Kier alpha value is -3.33. The third kappa shape index (κ3) is 4.24. The van der Waals surface area contributed by atoms with Crippen LogP contribution >= 0.6 is 0 Å². The minimum atomic E-state index is -1.32. The summed E-state index contributed by atoms with van der Waals surface area (Å²) >= 11 is 0. The van der Waals surface area contributed by atoms with Crippen molar-refractivity contribution in [2.24, 2.45) is 0 Å². The van der Waals surface area contributed by atoms with Crippen LogP contribution in [0, 0.1) is 0 Å². The zero-order chi connectivity index (χ0) is 21.0. The van der Waals surface area contributed by atoms with Gasteiger partial charge in [-0.15, -0.1) is 0 Å². The molecule has 0 radical (unpaired) electrons. The number of carbonyl (C=O) groups is 3. The van der Waals surface area contributed by atoms with Gasteiger partial charge in [-0.3, -0.25) is 9.69 Å². The van der Waals surface area contributed by atoms with E-state index >= 15 is 0 Å². The Labute approximate surface area is 167 Å². The Morgan fingerprint density at radius 3 is 2.62 bits per heavy atom. The molecule has 3 amide bonds. The van der Waals surface area contributed by atoms with Gasteiger partial charge in [0.15, 0.2) is 5.54 Å². The number of esters is 1. The first-order valence-corrected chi connectivity index (χ1v) is 9.11. The highest BCUT2D eigenvalue weighted by atomic mass is 16.5. The lowest BCUT2D eigenvalue weighted by Gasteiger charge is -2.20. The quantitative estimate of drug-likeness (QED) is 0.509. The van der Waals surface area contributed by atoms with Gasteiger partial charge in [0.2, 0.25) is 0 Å². The van der Waals surface area contributed by atoms with Gasteiger partial charge >= 0.3 is 12.0 Å². The van der Waals surface area contributed by atoms with Crippen molar-refractivity contribution in [1.29, 1.82) is 0 Å². The normalized spacial score (nSPS) is 19.8. The summed E-state index contributed by atoms with van der Waals surface area (Å²) in [7, 11) is 0. The van der Waals surface area contributed by atoms with Crippen molar-refractivity contribution in [3.05, 3.63) is 54.0 Å². The van der Waals surface area contributed by atoms with E-state index < -0.39 is 29.6 Å². The predicted molar refractivity (Wildman–Crippen MR) is 100 cm³/mol. The number of aliphatic hydroxyl groups is 1. The average Bonchev–Trinajstić information content (AvgIpc) is 3.32. The number of imide groups is 1. The van der Waals surface area contributed by atoms with Crippen LogP contribution in [0.2, 0.25) is 0 Å². The zero-order valence-corrected chi connectivity index (χ0v) is 16.1. The lowest BCUT2D eigenvalue weighted by atomic mass is 9.99. The van der Waals surface area contributed by atoms with Gasteiger partial charge in [-0.25, -0.2) is 9.59 Å². The molecule has 9 heteroatoms. The molecule has 9 nitrogen and oxygen atoms in total. The molecule has 1 fully saturated rings. The van der Waals surface area contributed by atoms with Gasteiger partial charge in [0.25, 0.3) is 5.91 Å². The number of amides is 3. The molecule has 1 aromatic carbocycles. The topological polar surface area (TPSA) is 118 Å². The predicted octanol–water partition coefficient (Wildman–Crippen LogP) is 1.66. The SMILES string of the molecule is CCOC(=O)c1ccc(OCC(O)CN2C(=O)NC(C)(c3ccco3)C2=O)cc1. The number of benzene rings is 1. The van der Waals surface area contributed by atoms with Crippen LogP contribution in [0.1, 0.15) is 30.0 Å². The Morgan fingerprint density at radius 2 is 2.00 bits per heavy atom. The molecule has 0 bridgehead atoms. The monoisotopic (exact) mass is 402 g/mol. The summed E-state index contributed by atoms with van der Waals surface area (Å²) in [5.74, 6) is -0.215. The zero-order valence-electron chi connectivity index (χ0n) is 16.1. The van der Waals surface area contributed by atoms with Crippen LogP contribution in [-0.4, -0.2) is 53.8 Å². The minimum Gasteiger partial charge on any atom is -0.491 e. The van der Waals surface area contributed by atoms with Crippen molar-refractivity contribution in [1.82, 2.24) is 10.2 Å². The summed E-state index contributed by atoms with van der Waals surface area (Å²) in [6.45, 7) is 3.17. The van der Waals surface area contributed by atoms with Crippen molar-refractivity contribution in [2.45, 2.75) is 25.5 Å². The fraction of sp³-hybridized carbons (Fsp3) is 0.350. The number of β-amino-alcohol motifs (C(OH)–C–C–N with tert-alkyl or cyclic N) is 1. The van der Waals surface area contributed by atoms with Crippen LogP contribution in [0.3, 0.4) is 0 Å². The van der Waals surface area contributed by atoms with Gasteiger partial charge in [0.1, 0.15) is 24.2 Å². The number of nitrogens with one attached hydrogen (secondary N) is 1. The number of hydrogen-bond donors (Lipinski definition) is 2. The van der Waals surface area contributed by atoms with Crippen molar-refractivity contribution < 1.29 is 33.4 Å². The number of ether oxygens (including phenoxy) is 2. The molecule has 154 valence electrons. The van der Waals surface area contributed by atoms with E-state index in [2.05, 4.69) is 5.32 Å². The molecule has 29 heavy (non-hydrogen) atoms. The van der Waals surface area contributed by atoms with Gasteiger partial charge in [-0.05, 0) is 50.2 Å². The molecule has 2 heterocycles. The van der Waals surface area contributed by atoms with Crippen LogP contribution in [0.4, 0.5) is 4.79 Å². The van der Waals surface area contributed by atoms with Crippen molar-refractivity contribution >= 4 is 17.9 Å². The number of rotatable bonds is 8. The highest BCUT2D eigenvalue weighted by molar-refractivity contribution is 6.06. The lowest BCUT2D eigenvalue weighted by Crippen LogP contribution is -2.42. The molecule has 3 rings (SSSR count). The summed E-state index contributed by atoms with van der Waals surface area (Å²) in [6.07, 6.45) is 0.312. The molecule has 2 aromatic rings. The Morgan fingerprint density at radius 1 is 1.28 bits per heavy atom. The second-order valence-electron chi connectivity index (χ2n) is 6.66. The first-order valence-electron chi connectivity index (χ1n) is 9.11. The number of urea groups is 1. The molecule has 2 N–H and O–H groups in total. The second-order valence-corrected chi connectivity index (χ2v) is 6.66. The Kier molecular flexibility index (Phi) is 5.88. The first kappa shape index (κ1) is 20.4. The Bertz CT molecular complexity index is 879. The van der Waals surface area contributed by atoms with Gasteiger partial charge in [-0.2, -0.15) is 0 Å². The van der Waals surface area contributed by atoms with Crippen molar-refractivity contribution in [3.8, 4) is 5.75 Å². The molecule has 1 aliphatic heterocycles. The molecule has 0 spiro atoms. The lowest BCUT2D eigenvalue weighted by molar-refractivity contribution is -0.132. The second kappa shape index (κ2) is 8.36. The third-order valence-corrected chi connectivity index (χ3v) is 4.49. The molecular formula is C20H22N2O7. The molecule has 2 atom stereocenters. The maximum Gasteiger partial charge on any atom is 0.338 e. The average molecular weight is 402 g/mol. The van der Waals surface area contributed by atoms with E-state index in [1.54, 1.807) is 50.2 Å². The number of hydrogen-bond acceptors (Lipinski definition) is 7. The van der Waals surface area contributed by atoms with Crippen LogP contribution in [0.15, 0.2) is 47.1 Å². The third-order valence-electron chi connectivity index (χ3n) is 4.49. The fourth-order valence-electron chi connectivity index (χ4n) is 2.95. The van der Waals surface area contributed by atoms with E-state index in [1.165, 1.54) is 6.26 Å². The van der Waals surface area contributed by atoms with Crippen molar-refractivity contribution in [3.63, 3.8) is 0 Å². The van der Waals surface area contributed by atoms with E-state index in [4.69, 9.17) is 13.9 Å². The molecule has 0 aliphatic carbocycles. The molecule has 0 saturated carbocycles. The summed E-state index contributed by atoms with van der Waals surface area (Å²) in [4.78, 5) is 37.5. The summed E-state index contributed by atoms with van der Waals surface area (Å²) in [5, 5.41) is 12.8. The molecular weight excluding hydrogens is 380 g/mol. The van der Waals surface area contributed by atoms with Crippen LogP contribution in [0.5, 0.6) is 5.75 Å². The van der Waals surface area contributed by atoms with E-state index in [-0.39, 0.29) is 19.8 Å². The maximum atomic E-state index is 12.7. The molecule has 1 saturated heterocycles. The largest absolute Gasteiger partial charge is 0.491 e. The van der Waals surface area contributed by atoms with Gasteiger partial charge in [0, 0.05) is 0 Å². The van der Waals surface area contributed by atoms with Crippen molar-refractivity contribution in [2.75, 3.05) is 19.8 Å². The highest BCUT2D eigenvalue weighted by Crippen LogP contribution is 2.29.